The SMILES string of the molecule is CCNS(=O)(=O)c1ccc(CC(=O)N[C@H]2CCCCC[C@H]2C(=O)O)cc1. The van der Waals surface area contributed by atoms with Crippen LogP contribution in [-0.4, -0.2) is 38.0 Å². The number of sulfonamides is 1. The minimum atomic E-state index is -3.51. The summed E-state index contributed by atoms with van der Waals surface area (Å²) in [5, 5.41) is 12.2. The number of hydrogen-bond acceptors (Lipinski definition) is 4. The number of carbonyl (C=O) groups is 2. The van der Waals surface area contributed by atoms with Crippen molar-refractivity contribution < 1.29 is 23.1 Å². The number of amides is 1. The molecule has 1 saturated carbocycles. The van der Waals surface area contributed by atoms with Gasteiger partial charge < -0.3 is 10.4 Å². The van der Waals surface area contributed by atoms with Gasteiger partial charge in [-0.05, 0) is 30.5 Å². The molecular weight excluding hydrogens is 356 g/mol. The molecule has 1 aromatic rings. The lowest BCUT2D eigenvalue weighted by Gasteiger charge is -2.23. The zero-order chi connectivity index (χ0) is 19.2. The van der Waals surface area contributed by atoms with Crippen LogP contribution in [0.3, 0.4) is 0 Å². The van der Waals surface area contributed by atoms with Crippen molar-refractivity contribution in [2.75, 3.05) is 6.54 Å². The highest BCUT2D eigenvalue weighted by Crippen LogP contribution is 2.24. The molecular formula is C18H26N2O5S. The monoisotopic (exact) mass is 382 g/mol. The first-order valence-electron chi connectivity index (χ1n) is 8.94. The molecule has 0 radical (unpaired) electrons. The van der Waals surface area contributed by atoms with E-state index in [9.17, 15) is 23.1 Å². The van der Waals surface area contributed by atoms with E-state index in [2.05, 4.69) is 10.0 Å². The fourth-order valence-corrected chi connectivity index (χ4v) is 4.32. The van der Waals surface area contributed by atoms with Crippen LogP contribution in [0.5, 0.6) is 0 Å². The highest BCUT2D eigenvalue weighted by molar-refractivity contribution is 7.89. The van der Waals surface area contributed by atoms with Crippen molar-refractivity contribution in [3.05, 3.63) is 29.8 Å². The molecule has 0 heterocycles. The molecule has 0 aromatic heterocycles. The number of carboxylic acids is 1. The second kappa shape index (κ2) is 9.14. The van der Waals surface area contributed by atoms with Crippen molar-refractivity contribution in [1.82, 2.24) is 10.0 Å². The number of rotatable bonds is 7. The summed E-state index contributed by atoms with van der Waals surface area (Å²) in [6, 6.07) is 5.78. The van der Waals surface area contributed by atoms with E-state index in [4.69, 9.17) is 0 Å². The molecule has 1 fully saturated rings. The van der Waals surface area contributed by atoms with Crippen LogP contribution in [-0.2, 0) is 26.0 Å². The molecule has 2 rings (SSSR count). The molecule has 7 nitrogen and oxygen atoms in total. The normalized spacial score (nSPS) is 21.0. The number of benzene rings is 1. The van der Waals surface area contributed by atoms with Crippen LogP contribution in [0.4, 0.5) is 0 Å². The third-order valence-corrected chi connectivity index (χ3v) is 6.17. The molecule has 0 unspecified atom stereocenters. The maximum atomic E-state index is 12.3. The summed E-state index contributed by atoms with van der Waals surface area (Å²) in [6.45, 7) is 2.01. The maximum Gasteiger partial charge on any atom is 0.308 e. The van der Waals surface area contributed by atoms with E-state index in [-0.39, 0.29) is 23.3 Å². The molecule has 1 aliphatic rings. The van der Waals surface area contributed by atoms with E-state index in [0.29, 0.717) is 24.9 Å². The summed E-state index contributed by atoms with van der Waals surface area (Å²) in [5.74, 6) is -1.66. The molecule has 3 N–H and O–H groups in total. The topological polar surface area (TPSA) is 113 Å². The van der Waals surface area contributed by atoms with Gasteiger partial charge in [-0.2, -0.15) is 0 Å². The fourth-order valence-electron chi connectivity index (χ4n) is 3.28. The van der Waals surface area contributed by atoms with Gasteiger partial charge in [0, 0.05) is 12.6 Å². The molecule has 0 saturated heterocycles. The van der Waals surface area contributed by atoms with Gasteiger partial charge in [0.25, 0.3) is 0 Å². The number of carboxylic acid groups (broad SMARTS) is 1. The van der Waals surface area contributed by atoms with Gasteiger partial charge in [0.1, 0.15) is 0 Å². The Labute approximate surface area is 154 Å². The molecule has 0 spiro atoms. The summed E-state index contributed by atoms with van der Waals surface area (Å²) >= 11 is 0. The molecule has 1 aliphatic carbocycles. The molecule has 26 heavy (non-hydrogen) atoms. The first-order chi connectivity index (χ1) is 12.3. The van der Waals surface area contributed by atoms with E-state index in [1.807, 2.05) is 0 Å². The number of aliphatic carboxylic acids is 1. The van der Waals surface area contributed by atoms with Gasteiger partial charge in [-0.25, -0.2) is 13.1 Å². The van der Waals surface area contributed by atoms with Crippen LogP contribution in [0, 0.1) is 5.92 Å². The maximum absolute atomic E-state index is 12.3. The Morgan fingerprint density at radius 1 is 1.12 bits per heavy atom. The van der Waals surface area contributed by atoms with Gasteiger partial charge in [0.2, 0.25) is 15.9 Å². The Morgan fingerprint density at radius 3 is 2.38 bits per heavy atom. The Bertz CT molecular complexity index is 730. The lowest BCUT2D eigenvalue weighted by Crippen LogP contribution is -2.43. The first-order valence-corrected chi connectivity index (χ1v) is 10.4. The molecule has 0 aliphatic heterocycles. The van der Waals surface area contributed by atoms with Crippen LogP contribution < -0.4 is 10.0 Å². The van der Waals surface area contributed by atoms with Crippen molar-refractivity contribution in [3.8, 4) is 0 Å². The minimum Gasteiger partial charge on any atom is -0.481 e. The Morgan fingerprint density at radius 2 is 1.77 bits per heavy atom. The fraction of sp³-hybridized carbons (Fsp3) is 0.556. The first kappa shape index (κ1) is 20.4. The van der Waals surface area contributed by atoms with Crippen molar-refractivity contribution >= 4 is 21.9 Å². The average Bonchev–Trinajstić information content (AvgIpc) is 2.80. The summed E-state index contributed by atoms with van der Waals surface area (Å²) in [7, 11) is -3.51. The van der Waals surface area contributed by atoms with Gasteiger partial charge in [0.15, 0.2) is 0 Å². The highest BCUT2D eigenvalue weighted by atomic mass is 32.2. The van der Waals surface area contributed by atoms with Crippen LogP contribution in [0.1, 0.15) is 44.6 Å². The predicted molar refractivity (Wildman–Crippen MR) is 97.2 cm³/mol. The number of carbonyl (C=O) groups excluding carboxylic acids is 1. The quantitative estimate of drug-likeness (QED) is 0.621. The summed E-state index contributed by atoms with van der Waals surface area (Å²) < 4.78 is 26.2. The molecule has 1 amide bonds. The summed E-state index contributed by atoms with van der Waals surface area (Å²) in [4.78, 5) is 23.9. The van der Waals surface area contributed by atoms with E-state index >= 15 is 0 Å². The van der Waals surface area contributed by atoms with Gasteiger partial charge in [-0.1, -0.05) is 38.3 Å². The third-order valence-electron chi connectivity index (χ3n) is 4.61. The van der Waals surface area contributed by atoms with Gasteiger partial charge >= 0.3 is 5.97 Å². The highest BCUT2D eigenvalue weighted by Gasteiger charge is 2.30. The third kappa shape index (κ3) is 5.54. The molecule has 0 bridgehead atoms. The van der Waals surface area contributed by atoms with Crippen molar-refractivity contribution in [2.45, 2.75) is 56.4 Å². The molecule has 144 valence electrons. The van der Waals surface area contributed by atoms with Crippen LogP contribution in [0.25, 0.3) is 0 Å². The van der Waals surface area contributed by atoms with Gasteiger partial charge in [-0.3, -0.25) is 9.59 Å². The Kier molecular flexibility index (Phi) is 7.16. The average molecular weight is 382 g/mol. The lowest BCUT2D eigenvalue weighted by molar-refractivity contribution is -0.143. The van der Waals surface area contributed by atoms with Crippen LogP contribution >= 0.6 is 0 Å². The number of hydrogen-bond donors (Lipinski definition) is 3. The van der Waals surface area contributed by atoms with Gasteiger partial charge in [-0.15, -0.1) is 0 Å². The van der Waals surface area contributed by atoms with Crippen LogP contribution in [0.15, 0.2) is 29.2 Å². The predicted octanol–water partition coefficient (Wildman–Crippen LogP) is 1.68. The van der Waals surface area contributed by atoms with Crippen molar-refractivity contribution in [1.29, 1.82) is 0 Å². The second-order valence-electron chi connectivity index (χ2n) is 6.58. The molecule has 8 heteroatoms. The van der Waals surface area contributed by atoms with Crippen LogP contribution in [0.2, 0.25) is 0 Å². The second-order valence-corrected chi connectivity index (χ2v) is 8.35. The smallest absolute Gasteiger partial charge is 0.308 e. The van der Waals surface area contributed by atoms with Gasteiger partial charge in [0.05, 0.1) is 17.2 Å². The van der Waals surface area contributed by atoms with E-state index in [1.165, 1.54) is 12.1 Å². The largest absolute Gasteiger partial charge is 0.481 e. The zero-order valence-corrected chi connectivity index (χ0v) is 15.7. The summed E-state index contributed by atoms with van der Waals surface area (Å²) in [5.41, 5.74) is 0.679. The molecule has 2 atom stereocenters. The van der Waals surface area contributed by atoms with E-state index in [0.717, 1.165) is 19.3 Å². The Hall–Kier alpha value is -1.93. The standard InChI is InChI=1S/C18H26N2O5S/c1-2-19-26(24,25)14-10-8-13(9-11-14)12-17(21)20-16-7-5-3-4-6-15(16)18(22)23/h8-11,15-16,19H,2-7,12H2,1H3,(H,20,21)(H,22,23)/t15-,16+/m1/s1. The Balaban J connectivity index is 1.99. The van der Waals surface area contributed by atoms with Crippen molar-refractivity contribution in [3.63, 3.8) is 0 Å². The van der Waals surface area contributed by atoms with E-state index in [1.54, 1.807) is 19.1 Å². The zero-order valence-electron chi connectivity index (χ0n) is 14.9. The lowest BCUT2D eigenvalue weighted by atomic mass is 9.94. The number of nitrogens with one attached hydrogen (secondary N) is 2. The van der Waals surface area contributed by atoms with E-state index < -0.39 is 21.9 Å². The molecule has 1 aromatic carbocycles. The minimum absolute atomic E-state index is 0.0877. The van der Waals surface area contributed by atoms with Crippen molar-refractivity contribution in [2.24, 2.45) is 5.92 Å². The summed E-state index contributed by atoms with van der Waals surface area (Å²) in [6.07, 6.45) is 4.10.